The van der Waals surface area contributed by atoms with Gasteiger partial charge < -0.3 is 4.90 Å². The average Bonchev–Trinajstić information content (AvgIpc) is 2.81. The molecule has 0 saturated carbocycles. The van der Waals surface area contributed by atoms with Gasteiger partial charge in [-0.25, -0.2) is 0 Å². The molecular formula is C11H11FN2O3S2. The lowest BCUT2D eigenvalue weighted by molar-refractivity contribution is -0.117. The highest BCUT2D eigenvalue weighted by molar-refractivity contribution is 7.87. The molecule has 0 aliphatic carbocycles. The Balaban J connectivity index is 2.42. The van der Waals surface area contributed by atoms with Gasteiger partial charge in [-0.15, -0.1) is 15.2 Å². The normalized spacial score (nSPS) is 19.8. The fourth-order valence-electron chi connectivity index (χ4n) is 1.99. The van der Waals surface area contributed by atoms with Crippen LogP contribution in [0.25, 0.3) is 0 Å². The van der Waals surface area contributed by atoms with Crippen LogP contribution in [0.4, 0.5) is 8.89 Å². The monoisotopic (exact) mass is 302 g/mol. The van der Waals surface area contributed by atoms with Crippen molar-refractivity contribution in [3.8, 4) is 6.07 Å². The summed E-state index contributed by atoms with van der Waals surface area (Å²) in [6.07, 6.45) is -0.375. The predicted octanol–water partition coefficient (Wildman–Crippen LogP) is 1.64. The standard InChI is InChI=1S/C11H11FN2O3S2/c1-6-7(2)18-11(9(6)4-13)14-5-8(3-10(14)15)19(12,16)17/h8H,3,5H2,1-2H3. The summed E-state index contributed by atoms with van der Waals surface area (Å²) < 4.78 is 34.7. The van der Waals surface area contributed by atoms with E-state index in [-0.39, 0.29) is 13.0 Å². The lowest BCUT2D eigenvalue weighted by Crippen LogP contribution is -2.26. The van der Waals surface area contributed by atoms with Crippen molar-refractivity contribution in [1.82, 2.24) is 0 Å². The van der Waals surface area contributed by atoms with Gasteiger partial charge in [0.15, 0.2) is 0 Å². The first-order valence-corrected chi connectivity index (χ1v) is 7.76. The Hall–Kier alpha value is -1.46. The van der Waals surface area contributed by atoms with Crippen molar-refractivity contribution in [3.05, 3.63) is 16.0 Å². The van der Waals surface area contributed by atoms with Crippen LogP contribution in [0.1, 0.15) is 22.4 Å². The number of nitriles is 1. The number of rotatable bonds is 2. The van der Waals surface area contributed by atoms with Crippen LogP contribution in [0, 0.1) is 25.2 Å². The molecule has 8 heteroatoms. The van der Waals surface area contributed by atoms with Crippen molar-refractivity contribution in [2.45, 2.75) is 25.5 Å². The lowest BCUT2D eigenvalue weighted by atomic mass is 10.2. The van der Waals surface area contributed by atoms with E-state index in [1.807, 2.05) is 13.0 Å². The molecular weight excluding hydrogens is 291 g/mol. The largest absolute Gasteiger partial charge is 0.307 e. The molecule has 2 rings (SSSR count). The van der Waals surface area contributed by atoms with E-state index >= 15 is 0 Å². The molecule has 0 aromatic carbocycles. The minimum Gasteiger partial charge on any atom is -0.301 e. The molecule has 1 fully saturated rings. The van der Waals surface area contributed by atoms with Crippen molar-refractivity contribution in [3.63, 3.8) is 0 Å². The third kappa shape index (κ3) is 2.35. The van der Waals surface area contributed by atoms with E-state index in [2.05, 4.69) is 0 Å². The van der Waals surface area contributed by atoms with Crippen molar-refractivity contribution in [2.75, 3.05) is 11.4 Å². The fourth-order valence-corrected chi connectivity index (χ4v) is 3.79. The summed E-state index contributed by atoms with van der Waals surface area (Å²) in [6.45, 7) is 3.35. The zero-order valence-electron chi connectivity index (χ0n) is 10.3. The van der Waals surface area contributed by atoms with Gasteiger partial charge in [0.2, 0.25) is 5.91 Å². The number of anilines is 1. The van der Waals surface area contributed by atoms with Crippen molar-refractivity contribution >= 4 is 32.5 Å². The van der Waals surface area contributed by atoms with E-state index in [0.717, 1.165) is 10.4 Å². The quantitative estimate of drug-likeness (QED) is 0.778. The van der Waals surface area contributed by atoms with Crippen molar-refractivity contribution in [1.29, 1.82) is 5.26 Å². The molecule has 5 nitrogen and oxygen atoms in total. The summed E-state index contributed by atoms with van der Waals surface area (Å²) in [7, 11) is -4.74. The molecule has 1 aromatic rings. The number of hydrogen-bond acceptors (Lipinski definition) is 5. The lowest BCUT2D eigenvalue weighted by Gasteiger charge is -2.14. The van der Waals surface area contributed by atoms with Crippen molar-refractivity contribution in [2.24, 2.45) is 0 Å². The topological polar surface area (TPSA) is 78.2 Å². The summed E-state index contributed by atoms with van der Waals surface area (Å²) in [6, 6.07) is 2.01. The van der Waals surface area contributed by atoms with E-state index in [9.17, 15) is 17.1 Å². The first kappa shape index (κ1) is 14.0. The van der Waals surface area contributed by atoms with E-state index in [1.165, 1.54) is 16.2 Å². The second kappa shape index (κ2) is 4.58. The van der Waals surface area contributed by atoms with E-state index in [1.54, 1.807) is 6.92 Å². The summed E-state index contributed by atoms with van der Waals surface area (Å²) in [4.78, 5) is 13.9. The molecule has 1 saturated heterocycles. The van der Waals surface area contributed by atoms with Gasteiger partial charge >= 0.3 is 10.2 Å². The summed E-state index contributed by atoms with van der Waals surface area (Å²) in [5.74, 6) is -0.469. The molecule has 2 heterocycles. The molecule has 0 bridgehead atoms. The molecule has 0 N–H and O–H groups in total. The molecule has 102 valence electrons. The highest BCUT2D eigenvalue weighted by Crippen LogP contribution is 2.37. The van der Waals surface area contributed by atoms with Crippen LogP contribution >= 0.6 is 11.3 Å². The highest BCUT2D eigenvalue weighted by Gasteiger charge is 2.40. The molecule has 19 heavy (non-hydrogen) atoms. The van der Waals surface area contributed by atoms with Gasteiger partial charge in [-0.3, -0.25) is 4.79 Å². The first-order chi connectivity index (χ1) is 8.75. The van der Waals surface area contributed by atoms with Gasteiger partial charge in [0.25, 0.3) is 0 Å². The molecule has 1 aliphatic heterocycles. The summed E-state index contributed by atoms with van der Waals surface area (Å²) >= 11 is 1.24. The minimum absolute atomic E-state index is 0.230. The van der Waals surface area contributed by atoms with Gasteiger partial charge in [-0.05, 0) is 19.4 Å². The second-order valence-electron chi connectivity index (χ2n) is 4.38. The maximum absolute atomic E-state index is 13.0. The third-order valence-corrected chi connectivity index (χ3v) is 5.55. The Morgan fingerprint density at radius 1 is 1.47 bits per heavy atom. The van der Waals surface area contributed by atoms with Gasteiger partial charge in [0.1, 0.15) is 16.3 Å². The number of hydrogen-bond donors (Lipinski definition) is 0. The van der Waals surface area contributed by atoms with Crippen LogP contribution in [-0.4, -0.2) is 26.1 Å². The zero-order valence-corrected chi connectivity index (χ0v) is 11.9. The van der Waals surface area contributed by atoms with Crippen LogP contribution in [0.5, 0.6) is 0 Å². The maximum atomic E-state index is 13.0. The Kier molecular flexibility index (Phi) is 3.36. The molecule has 1 atom stereocenters. The SMILES string of the molecule is Cc1sc(N2CC(S(=O)(=O)F)CC2=O)c(C#N)c1C. The Morgan fingerprint density at radius 2 is 2.11 bits per heavy atom. The maximum Gasteiger partial charge on any atom is 0.307 e. The number of carbonyl (C=O) groups excluding carboxylic acids is 1. The van der Waals surface area contributed by atoms with Gasteiger partial charge in [-0.1, -0.05) is 0 Å². The van der Waals surface area contributed by atoms with Crippen LogP contribution in [-0.2, 0) is 15.0 Å². The number of halogens is 1. The first-order valence-electron chi connectivity index (χ1n) is 5.49. The number of nitrogens with zero attached hydrogens (tertiary/aromatic N) is 2. The third-order valence-electron chi connectivity index (χ3n) is 3.21. The summed E-state index contributed by atoms with van der Waals surface area (Å²) in [5.41, 5.74) is 1.12. The molecule has 1 aliphatic rings. The zero-order chi connectivity index (χ0) is 14.4. The minimum atomic E-state index is -4.74. The molecule has 0 radical (unpaired) electrons. The van der Waals surface area contributed by atoms with Gasteiger partial charge in [0, 0.05) is 17.8 Å². The number of aryl methyl sites for hydroxylation is 1. The number of thiophene rings is 1. The van der Waals surface area contributed by atoms with Crippen molar-refractivity contribution < 1.29 is 17.1 Å². The predicted molar refractivity (Wildman–Crippen MR) is 69.3 cm³/mol. The molecule has 1 unspecified atom stereocenters. The highest BCUT2D eigenvalue weighted by atomic mass is 32.3. The average molecular weight is 302 g/mol. The van der Waals surface area contributed by atoms with Crippen LogP contribution < -0.4 is 4.90 Å². The van der Waals surface area contributed by atoms with E-state index < -0.39 is 21.4 Å². The van der Waals surface area contributed by atoms with Gasteiger partial charge in [0.05, 0.1) is 5.56 Å². The Morgan fingerprint density at radius 3 is 2.58 bits per heavy atom. The second-order valence-corrected chi connectivity index (χ2v) is 7.20. The molecule has 1 amide bonds. The van der Waals surface area contributed by atoms with E-state index in [0.29, 0.717) is 10.6 Å². The fraction of sp³-hybridized carbons (Fsp3) is 0.455. The summed E-state index contributed by atoms with van der Waals surface area (Å²) in [5, 5.41) is 8.18. The number of amides is 1. The Labute approximate surface area is 114 Å². The smallest absolute Gasteiger partial charge is 0.301 e. The molecule has 0 spiro atoms. The van der Waals surface area contributed by atoms with E-state index in [4.69, 9.17) is 5.26 Å². The van der Waals surface area contributed by atoms with Crippen LogP contribution in [0.3, 0.4) is 0 Å². The van der Waals surface area contributed by atoms with Crippen LogP contribution in [0.2, 0.25) is 0 Å². The Bertz CT molecular complexity index is 688. The van der Waals surface area contributed by atoms with Gasteiger partial charge in [-0.2, -0.15) is 13.7 Å². The number of carbonyl (C=O) groups is 1. The van der Waals surface area contributed by atoms with Crippen LogP contribution in [0.15, 0.2) is 0 Å². The molecule has 1 aromatic heterocycles.